The van der Waals surface area contributed by atoms with Gasteiger partial charge in [0.05, 0.1) is 5.25 Å². The molecule has 0 aliphatic carbocycles. The van der Waals surface area contributed by atoms with Crippen molar-refractivity contribution in [1.29, 1.82) is 0 Å². The van der Waals surface area contributed by atoms with Crippen molar-refractivity contribution in [2.75, 3.05) is 25.9 Å². The fourth-order valence-corrected chi connectivity index (χ4v) is 5.76. The van der Waals surface area contributed by atoms with Crippen molar-refractivity contribution < 1.29 is 9.59 Å². The van der Waals surface area contributed by atoms with E-state index in [1.807, 2.05) is 24.1 Å². The lowest BCUT2D eigenvalue weighted by Crippen LogP contribution is -2.51. The number of fused-ring (bicyclic) bond motifs is 1. The van der Waals surface area contributed by atoms with Gasteiger partial charge in [-0.2, -0.15) is 0 Å². The summed E-state index contributed by atoms with van der Waals surface area (Å²) in [5.41, 5.74) is 0.757. The zero-order valence-electron chi connectivity index (χ0n) is 14.8. The van der Waals surface area contributed by atoms with E-state index in [-0.39, 0.29) is 23.1 Å². The zero-order valence-corrected chi connectivity index (χ0v) is 16.4. The molecule has 6 nitrogen and oxygen atoms in total. The first-order chi connectivity index (χ1) is 12.6. The van der Waals surface area contributed by atoms with E-state index in [2.05, 4.69) is 9.97 Å². The molecule has 2 fully saturated rings. The highest BCUT2D eigenvalue weighted by atomic mass is 32.2. The molecule has 2 aliphatic rings. The van der Waals surface area contributed by atoms with Gasteiger partial charge in [-0.05, 0) is 43.6 Å². The Balaban J connectivity index is 1.45. The van der Waals surface area contributed by atoms with E-state index >= 15 is 0 Å². The Kier molecular flexibility index (Phi) is 5.13. The smallest absolute Gasteiger partial charge is 0.282 e. The van der Waals surface area contributed by atoms with Gasteiger partial charge >= 0.3 is 0 Å². The maximum Gasteiger partial charge on any atom is 0.282 e. The highest BCUT2D eigenvalue weighted by Gasteiger charge is 2.34. The van der Waals surface area contributed by atoms with E-state index in [1.165, 1.54) is 11.3 Å². The highest BCUT2D eigenvalue weighted by molar-refractivity contribution is 8.00. The minimum Gasteiger partial charge on any atom is -0.340 e. The van der Waals surface area contributed by atoms with Crippen LogP contribution >= 0.6 is 23.1 Å². The molecule has 0 radical (unpaired) electrons. The van der Waals surface area contributed by atoms with Crippen LogP contribution in [0.3, 0.4) is 0 Å². The van der Waals surface area contributed by atoms with Crippen LogP contribution < -0.4 is 0 Å². The van der Waals surface area contributed by atoms with Gasteiger partial charge in [-0.15, -0.1) is 11.8 Å². The van der Waals surface area contributed by atoms with Gasteiger partial charge in [0.1, 0.15) is 10.3 Å². The second-order valence-electron chi connectivity index (χ2n) is 6.84. The second kappa shape index (κ2) is 7.52. The number of hydrogen-bond acceptors (Lipinski definition) is 6. The summed E-state index contributed by atoms with van der Waals surface area (Å²) >= 11 is 3.10. The molecular weight excluding hydrogens is 368 g/mol. The molecule has 2 unspecified atom stereocenters. The van der Waals surface area contributed by atoms with E-state index in [4.69, 9.17) is 0 Å². The van der Waals surface area contributed by atoms with E-state index in [0.717, 1.165) is 48.3 Å². The first-order valence-electron chi connectivity index (χ1n) is 9.02. The first-order valence-corrected chi connectivity index (χ1v) is 10.9. The lowest BCUT2D eigenvalue weighted by molar-refractivity contribution is -0.132. The molecule has 0 N–H and O–H groups in total. The van der Waals surface area contributed by atoms with Crippen LogP contribution in [0, 0.1) is 0 Å². The molecule has 4 heterocycles. The Bertz CT molecular complexity index is 785. The van der Waals surface area contributed by atoms with E-state index in [9.17, 15) is 9.59 Å². The van der Waals surface area contributed by atoms with Crippen molar-refractivity contribution in [2.45, 2.75) is 37.0 Å². The van der Waals surface area contributed by atoms with Gasteiger partial charge in [0.15, 0.2) is 5.01 Å². The lowest BCUT2D eigenvalue weighted by Gasteiger charge is -2.38. The third-order valence-corrected chi connectivity index (χ3v) is 7.46. The number of likely N-dealkylation sites (N-methyl/N-ethyl adjacent to an activating group) is 1. The van der Waals surface area contributed by atoms with Crippen LogP contribution in [-0.4, -0.2) is 68.8 Å². The number of nitrogens with zero attached hydrogens (tertiary/aromatic N) is 4. The molecule has 0 bridgehead atoms. The number of hydrogen-bond donors (Lipinski definition) is 0. The number of likely N-dealkylation sites (tertiary alicyclic amines) is 1. The Labute approximate surface area is 161 Å². The van der Waals surface area contributed by atoms with Crippen LogP contribution in [0.4, 0.5) is 0 Å². The first kappa shape index (κ1) is 17.7. The minimum atomic E-state index is -0.0810. The summed E-state index contributed by atoms with van der Waals surface area (Å²) in [4.78, 5) is 38.8. The molecule has 2 amide bonds. The highest BCUT2D eigenvalue weighted by Crippen LogP contribution is 2.29. The third kappa shape index (κ3) is 3.44. The molecule has 8 heteroatoms. The van der Waals surface area contributed by atoms with Crippen LogP contribution in [0.1, 0.15) is 35.5 Å². The van der Waals surface area contributed by atoms with Crippen LogP contribution in [0.5, 0.6) is 0 Å². The molecule has 2 atom stereocenters. The fraction of sp³-hybridized carbons (Fsp3) is 0.556. The van der Waals surface area contributed by atoms with Gasteiger partial charge in [-0.25, -0.2) is 9.97 Å². The lowest BCUT2D eigenvalue weighted by atomic mass is 10.0. The number of rotatable bonds is 3. The summed E-state index contributed by atoms with van der Waals surface area (Å²) in [6.45, 7) is 1.43. The predicted molar refractivity (Wildman–Crippen MR) is 105 cm³/mol. The maximum atomic E-state index is 12.9. The molecular formula is C18H22N4O2S2. The van der Waals surface area contributed by atoms with Crippen molar-refractivity contribution in [3.8, 4) is 0 Å². The number of thiazole rings is 1. The number of amides is 2. The van der Waals surface area contributed by atoms with Crippen molar-refractivity contribution in [1.82, 2.24) is 19.8 Å². The van der Waals surface area contributed by atoms with Crippen molar-refractivity contribution in [3.05, 3.63) is 23.3 Å². The van der Waals surface area contributed by atoms with Crippen molar-refractivity contribution in [3.63, 3.8) is 0 Å². The van der Waals surface area contributed by atoms with Crippen LogP contribution in [-0.2, 0) is 4.79 Å². The van der Waals surface area contributed by atoms with E-state index in [1.54, 1.807) is 22.9 Å². The molecule has 2 aliphatic heterocycles. The summed E-state index contributed by atoms with van der Waals surface area (Å²) in [7, 11) is 1.82. The number of piperidine rings is 1. The molecule has 138 valence electrons. The molecule has 0 aromatic carbocycles. The van der Waals surface area contributed by atoms with E-state index < -0.39 is 0 Å². The fourth-order valence-electron chi connectivity index (χ4n) is 3.63. The molecule has 26 heavy (non-hydrogen) atoms. The average Bonchev–Trinajstić information content (AvgIpc) is 3.36. The summed E-state index contributed by atoms with van der Waals surface area (Å²) in [6.07, 6.45) is 5.68. The maximum absolute atomic E-state index is 12.9. The van der Waals surface area contributed by atoms with Gasteiger partial charge in [0, 0.05) is 32.4 Å². The quantitative estimate of drug-likeness (QED) is 0.806. The molecule has 2 saturated heterocycles. The third-order valence-electron chi connectivity index (χ3n) is 5.13. The number of thioether (sulfide) groups is 1. The minimum absolute atomic E-state index is 0.0478. The number of pyridine rings is 1. The van der Waals surface area contributed by atoms with Crippen molar-refractivity contribution in [2.24, 2.45) is 0 Å². The van der Waals surface area contributed by atoms with Crippen LogP contribution in [0.2, 0.25) is 0 Å². The number of carbonyl (C=O) groups excluding carboxylic acids is 2. The van der Waals surface area contributed by atoms with Crippen molar-refractivity contribution >= 4 is 45.3 Å². The SMILES string of the molecule is CN(C(=O)c1nc2cccnc2s1)C1CCCN(C(=O)C2CCCS2)C1. The Morgan fingerprint density at radius 1 is 1.31 bits per heavy atom. The summed E-state index contributed by atoms with van der Waals surface area (Å²) in [6, 6.07) is 3.74. The second-order valence-corrected chi connectivity index (χ2v) is 9.13. The van der Waals surface area contributed by atoms with Gasteiger partial charge in [0.25, 0.3) is 5.91 Å². The largest absolute Gasteiger partial charge is 0.340 e. The molecule has 2 aromatic heterocycles. The standard InChI is InChI=1S/C18H22N4O2S2/c1-21(18(24)16-20-13-6-2-8-19-15(13)26-16)12-5-3-9-22(11-12)17(23)14-7-4-10-25-14/h2,6,8,12,14H,3-5,7,9-11H2,1H3. The predicted octanol–water partition coefficient (Wildman–Crippen LogP) is 2.65. The topological polar surface area (TPSA) is 66.4 Å². The summed E-state index contributed by atoms with van der Waals surface area (Å²) < 4.78 is 0. The van der Waals surface area contributed by atoms with E-state index in [0.29, 0.717) is 11.6 Å². The Morgan fingerprint density at radius 2 is 2.19 bits per heavy atom. The zero-order chi connectivity index (χ0) is 18.1. The van der Waals surface area contributed by atoms with Gasteiger partial charge in [-0.1, -0.05) is 11.3 Å². The normalized spacial score (nSPS) is 23.3. The monoisotopic (exact) mass is 390 g/mol. The van der Waals surface area contributed by atoms with Gasteiger partial charge < -0.3 is 9.80 Å². The molecule has 4 rings (SSSR count). The summed E-state index contributed by atoms with van der Waals surface area (Å²) in [5, 5.41) is 0.584. The molecule has 0 saturated carbocycles. The Hall–Kier alpha value is -1.67. The number of aromatic nitrogens is 2. The summed E-state index contributed by atoms with van der Waals surface area (Å²) in [5.74, 6) is 1.25. The molecule has 2 aromatic rings. The van der Waals surface area contributed by atoms with Crippen LogP contribution in [0.25, 0.3) is 10.3 Å². The van der Waals surface area contributed by atoms with Crippen LogP contribution in [0.15, 0.2) is 18.3 Å². The Morgan fingerprint density at radius 3 is 2.96 bits per heavy atom. The van der Waals surface area contributed by atoms with Gasteiger partial charge in [-0.3, -0.25) is 9.59 Å². The van der Waals surface area contributed by atoms with Gasteiger partial charge in [0.2, 0.25) is 5.91 Å². The average molecular weight is 391 g/mol. The molecule has 0 spiro atoms. The number of carbonyl (C=O) groups is 2.